The largest absolute Gasteiger partial charge is 0.379 e. The van der Waals surface area contributed by atoms with E-state index in [1.54, 1.807) is 13.2 Å². The van der Waals surface area contributed by atoms with Gasteiger partial charge in [-0.05, 0) is 58.9 Å². The number of likely N-dealkylation sites (tertiary alicyclic amines) is 1. The molecule has 2 amide bonds. The summed E-state index contributed by atoms with van der Waals surface area (Å²) in [5.41, 5.74) is 3.41. The average Bonchev–Trinajstić information content (AvgIpc) is 3.02. The molecule has 3 aliphatic rings. The lowest BCUT2D eigenvalue weighted by molar-refractivity contribution is -0.134. The fraction of sp³-hybridized carbons (Fsp3) is 0.455. The Morgan fingerprint density at radius 3 is 2.46 bits per heavy atom. The number of carbonyl (C=O) groups is 2. The van der Waals surface area contributed by atoms with E-state index in [9.17, 15) is 23.2 Å². The van der Waals surface area contributed by atoms with Gasteiger partial charge in [-0.15, -0.1) is 0 Å². The molecule has 46 heavy (non-hydrogen) atoms. The van der Waals surface area contributed by atoms with Crippen molar-refractivity contribution in [2.24, 2.45) is 7.05 Å². The van der Waals surface area contributed by atoms with Gasteiger partial charge < -0.3 is 15.1 Å². The number of likely N-dealkylation sites (N-methyl/N-ethyl adjacent to an activating group) is 1. The Labute approximate surface area is 274 Å². The van der Waals surface area contributed by atoms with E-state index in [1.807, 2.05) is 4.90 Å². The van der Waals surface area contributed by atoms with Crippen LogP contribution in [-0.4, -0.2) is 83.8 Å². The summed E-state index contributed by atoms with van der Waals surface area (Å²) in [5.74, 6) is -2.80. The van der Waals surface area contributed by atoms with Crippen molar-refractivity contribution in [3.63, 3.8) is 0 Å². The zero-order valence-electron chi connectivity index (χ0n) is 25.9. The van der Waals surface area contributed by atoms with Crippen molar-refractivity contribution in [2.75, 3.05) is 56.5 Å². The number of hydrogen-bond donors (Lipinski definition) is 2. The normalized spacial score (nSPS) is 23.0. The summed E-state index contributed by atoms with van der Waals surface area (Å²) >= 11 is 3.41. The predicted octanol–water partition coefficient (Wildman–Crippen LogP) is 3.56. The number of carbonyl (C=O) groups excluding carboxylic acids is 2. The Bertz CT molecular complexity index is 1680. The van der Waals surface area contributed by atoms with Gasteiger partial charge in [0.25, 0.3) is 5.56 Å². The van der Waals surface area contributed by atoms with Crippen LogP contribution >= 0.6 is 15.9 Å². The zero-order chi connectivity index (χ0) is 32.5. The monoisotopic (exact) mass is 697 g/mol. The molecule has 3 aliphatic heterocycles. The Morgan fingerprint density at radius 2 is 1.74 bits per heavy atom. The van der Waals surface area contributed by atoms with E-state index in [4.69, 9.17) is 0 Å². The van der Waals surface area contributed by atoms with Crippen LogP contribution in [0.5, 0.6) is 0 Å². The van der Waals surface area contributed by atoms with E-state index in [0.29, 0.717) is 42.3 Å². The number of amides is 2. The third-order valence-corrected chi connectivity index (χ3v) is 10.1. The summed E-state index contributed by atoms with van der Waals surface area (Å²) in [7, 11) is 3.74. The molecule has 3 fully saturated rings. The van der Waals surface area contributed by atoms with Gasteiger partial charge in [0.1, 0.15) is 16.1 Å². The molecular weight excluding hydrogens is 660 g/mol. The number of aromatic nitrogens is 2. The lowest BCUT2D eigenvalue weighted by atomic mass is 9.87. The number of piperidine rings is 2. The van der Waals surface area contributed by atoms with Gasteiger partial charge in [0.2, 0.25) is 11.8 Å². The molecule has 0 saturated carbocycles. The fourth-order valence-corrected chi connectivity index (χ4v) is 7.32. The second kappa shape index (κ2) is 13.6. The van der Waals surface area contributed by atoms with Crippen LogP contribution in [0, 0.1) is 11.6 Å². The van der Waals surface area contributed by atoms with Gasteiger partial charge in [0.15, 0.2) is 0 Å². The van der Waals surface area contributed by atoms with E-state index < -0.39 is 23.5 Å². The quantitative estimate of drug-likeness (QED) is 0.362. The summed E-state index contributed by atoms with van der Waals surface area (Å²) in [4.78, 5) is 42.7. The number of aryl methyl sites for hydroxylation is 1. The lowest BCUT2D eigenvalue weighted by Gasteiger charge is -2.37. The molecule has 4 heterocycles. The summed E-state index contributed by atoms with van der Waals surface area (Å²) in [6, 6.07) is 11.2. The van der Waals surface area contributed by atoms with Crippen LogP contribution < -0.4 is 21.1 Å². The summed E-state index contributed by atoms with van der Waals surface area (Å²) < 4.78 is 31.4. The number of halogens is 3. The SMILES string of the molecule is CN1C[C@H](Nc2cnn(C)c(=O)c2Br)C[C@H](c2ccc(CN3CCN(c4cc(C5CCC(=O)NC5=O)c(F)cc4F)CC3)cc2)C1. The average molecular weight is 699 g/mol. The Kier molecular flexibility index (Phi) is 9.53. The van der Waals surface area contributed by atoms with Crippen LogP contribution in [0.15, 0.2) is 51.9 Å². The molecule has 3 aromatic rings. The highest BCUT2D eigenvalue weighted by molar-refractivity contribution is 9.10. The van der Waals surface area contributed by atoms with E-state index in [0.717, 1.165) is 32.1 Å². The number of hydrogen-bond acceptors (Lipinski definition) is 8. The molecule has 0 spiro atoms. The van der Waals surface area contributed by atoms with Crippen LogP contribution in [0.3, 0.4) is 0 Å². The molecule has 244 valence electrons. The van der Waals surface area contributed by atoms with E-state index in [1.165, 1.54) is 21.9 Å². The molecule has 6 rings (SSSR count). The molecule has 3 saturated heterocycles. The molecular formula is C33H38BrF2N7O3. The number of imide groups is 1. The third-order valence-electron chi connectivity index (χ3n) is 9.32. The number of nitrogens with zero attached hydrogens (tertiary/aromatic N) is 5. The zero-order valence-corrected chi connectivity index (χ0v) is 27.5. The van der Waals surface area contributed by atoms with Gasteiger partial charge in [0.05, 0.1) is 23.5 Å². The van der Waals surface area contributed by atoms with Crippen LogP contribution in [0.25, 0.3) is 0 Å². The van der Waals surface area contributed by atoms with E-state index >= 15 is 0 Å². The number of anilines is 2. The van der Waals surface area contributed by atoms with Crippen molar-refractivity contribution in [1.29, 1.82) is 0 Å². The summed E-state index contributed by atoms with van der Waals surface area (Å²) in [6.45, 7) is 5.12. The van der Waals surface area contributed by atoms with Gasteiger partial charge in [-0.3, -0.25) is 24.6 Å². The number of nitrogens with one attached hydrogen (secondary N) is 2. The molecule has 0 bridgehead atoms. The maximum absolute atomic E-state index is 14.9. The molecule has 13 heteroatoms. The molecule has 10 nitrogen and oxygen atoms in total. The topological polar surface area (TPSA) is 103 Å². The first-order valence-corrected chi connectivity index (χ1v) is 16.4. The standard InChI is InChI=1S/C33H38BrF2N7O3/c1-40-18-22(13-23(19-40)38-28-16-37-41(2)33(46)31(28)34)21-5-3-20(4-6-21)17-42-9-11-43(12-10-42)29-14-25(26(35)15-27(29)36)24-7-8-30(44)39-32(24)45/h3-6,14-16,22-24,38H,7-13,17-19H2,1-2H3,(H,39,44,45)/t22-,23+,24?/m0/s1. The maximum atomic E-state index is 14.9. The number of benzene rings is 2. The molecule has 1 aromatic heterocycles. The summed E-state index contributed by atoms with van der Waals surface area (Å²) in [6.07, 6.45) is 2.95. The minimum atomic E-state index is -0.809. The lowest BCUT2D eigenvalue weighted by Crippen LogP contribution is -2.46. The Balaban J connectivity index is 1.05. The minimum absolute atomic E-state index is 0.130. The minimum Gasteiger partial charge on any atom is -0.379 e. The van der Waals surface area contributed by atoms with E-state index in [-0.39, 0.29) is 41.6 Å². The third kappa shape index (κ3) is 7.01. The van der Waals surface area contributed by atoms with Gasteiger partial charge in [-0.2, -0.15) is 5.10 Å². The summed E-state index contributed by atoms with van der Waals surface area (Å²) in [5, 5.41) is 9.92. The second-order valence-corrected chi connectivity index (χ2v) is 13.4. The van der Waals surface area contributed by atoms with Crippen LogP contribution in [0.4, 0.5) is 20.2 Å². The maximum Gasteiger partial charge on any atom is 0.282 e. The highest BCUT2D eigenvalue weighted by Crippen LogP contribution is 2.33. The molecule has 0 aliphatic carbocycles. The predicted molar refractivity (Wildman–Crippen MR) is 175 cm³/mol. The first-order chi connectivity index (χ1) is 22.0. The van der Waals surface area contributed by atoms with Gasteiger partial charge >= 0.3 is 0 Å². The molecule has 2 N–H and O–H groups in total. The van der Waals surface area contributed by atoms with Crippen molar-refractivity contribution in [3.8, 4) is 0 Å². The first kappa shape index (κ1) is 32.3. The second-order valence-electron chi connectivity index (χ2n) is 12.6. The fourth-order valence-electron chi connectivity index (χ4n) is 6.85. The van der Waals surface area contributed by atoms with Crippen molar-refractivity contribution < 1.29 is 18.4 Å². The van der Waals surface area contributed by atoms with Gasteiger partial charge in [-0.25, -0.2) is 13.5 Å². The first-order valence-electron chi connectivity index (χ1n) is 15.6. The van der Waals surface area contributed by atoms with Crippen molar-refractivity contribution in [3.05, 3.63) is 85.7 Å². The number of piperazine rings is 1. The van der Waals surface area contributed by atoms with Crippen molar-refractivity contribution in [1.82, 2.24) is 24.9 Å². The molecule has 0 radical (unpaired) electrons. The van der Waals surface area contributed by atoms with Crippen molar-refractivity contribution in [2.45, 2.75) is 43.7 Å². The van der Waals surface area contributed by atoms with E-state index in [2.05, 4.69) is 72.8 Å². The van der Waals surface area contributed by atoms with Crippen LogP contribution in [0.1, 0.15) is 47.8 Å². The van der Waals surface area contributed by atoms with Gasteiger partial charge in [0, 0.05) is 77.0 Å². The molecule has 1 unspecified atom stereocenters. The Morgan fingerprint density at radius 1 is 1.00 bits per heavy atom. The molecule has 3 atom stereocenters. The number of rotatable bonds is 7. The van der Waals surface area contributed by atoms with Gasteiger partial charge in [-0.1, -0.05) is 24.3 Å². The highest BCUT2D eigenvalue weighted by Gasteiger charge is 2.32. The smallest absolute Gasteiger partial charge is 0.282 e. The highest BCUT2D eigenvalue weighted by atomic mass is 79.9. The van der Waals surface area contributed by atoms with Crippen molar-refractivity contribution >= 4 is 39.1 Å². The van der Waals surface area contributed by atoms with Crippen LogP contribution in [0.2, 0.25) is 0 Å². The molecule has 2 aromatic carbocycles. The Hall–Kier alpha value is -3.68. The van der Waals surface area contributed by atoms with Crippen LogP contribution in [-0.2, 0) is 23.2 Å².